The summed E-state index contributed by atoms with van der Waals surface area (Å²) in [5.41, 5.74) is 9.68. The van der Waals surface area contributed by atoms with Gasteiger partial charge >= 0.3 is 0 Å². The predicted octanol–water partition coefficient (Wildman–Crippen LogP) is 15.2. The average molecular weight is 1780 g/mol. The second kappa shape index (κ2) is 39.6. The van der Waals surface area contributed by atoms with Gasteiger partial charge in [0, 0.05) is 167 Å². The first-order valence-corrected chi connectivity index (χ1v) is 30.6. The Balaban J connectivity index is 0.000000231. The van der Waals surface area contributed by atoms with Gasteiger partial charge in [-0.25, -0.2) is 0 Å². The number of nitrogens with zero attached hydrogens (tertiary/aromatic N) is 18. The molecule has 501 valence electrons. The fraction of sp³-hybridized carbons (Fsp3) is 0.250. The molecule has 0 bridgehead atoms. The van der Waals surface area contributed by atoms with Crippen molar-refractivity contribution >= 4 is 65.4 Å². The monoisotopic (exact) mass is 1790 g/mol. The van der Waals surface area contributed by atoms with E-state index < -0.39 is 0 Å². The van der Waals surface area contributed by atoms with Crippen LogP contribution < -0.4 is 0 Å². The molecule has 6 aliphatic heterocycles. The summed E-state index contributed by atoms with van der Waals surface area (Å²) in [4.78, 5) is 38.4. The molecular weight excluding hydrogens is 1690 g/mol. The van der Waals surface area contributed by atoms with Crippen molar-refractivity contribution in [1.29, 1.82) is 0 Å². The van der Waals surface area contributed by atoms with Gasteiger partial charge in [0.25, 0.3) is 0 Å². The average Bonchev–Trinajstić information content (AvgIpc) is 1.50. The third kappa shape index (κ3) is 22.1. The summed E-state index contributed by atoms with van der Waals surface area (Å²) in [7, 11) is 12.0. The molecule has 6 aromatic heterocycles. The van der Waals surface area contributed by atoms with Crippen LogP contribution in [0.15, 0.2) is 203 Å². The fourth-order valence-electron chi connectivity index (χ4n) is 9.31. The van der Waals surface area contributed by atoms with Crippen LogP contribution in [-0.4, -0.2) is 132 Å². The maximum absolute atomic E-state index is 4.41. The summed E-state index contributed by atoms with van der Waals surface area (Å²) in [5, 5.41) is 19.0. The van der Waals surface area contributed by atoms with E-state index in [1.54, 1.807) is 0 Å². The van der Waals surface area contributed by atoms with Crippen molar-refractivity contribution in [3.63, 3.8) is 0 Å². The Morgan fingerprint density at radius 1 is 0.269 bits per heavy atom. The number of hydrogen-bond acceptors (Lipinski definition) is 18. The van der Waals surface area contributed by atoms with Crippen LogP contribution in [0.4, 0.5) is 0 Å². The topological polar surface area (TPSA) is 116 Å². The molecule has 0 aliphatic carbocycles. The number of aryl methyl sites for hydroxylation is 3. The Labute approximate surface area is 593 Å². The first-order chi connectivity index (χ1) is 43.6. The molecule has 21 heteroatoms. The number of hydrazine groups is 3. The van der Waals surface area contributed by atoms with E-state index in [9.17, 15) is 0 Å². The molecule has 0 unspecified atom stereocenters. The van der Waals surface area contributed by atoms with Crippen molar-refractivity contribution in [1.82, 2.24) is 89.4 Å². The number of fused-ring (bicyclic) bond motifs is 9. The molecule has 15 rings (SSSR count). The Hall–Kier alpha value is -7.89. The van der Waals surface area contributed by atoms with Crippen molar-refractivity contribution in [2.45, 2.75) is 81.6 Å². The van der Waals surface area contributed by atoms with E-state index in [2.05, 4.69) is 147 Å². The van der Waals surface area contributed by atoms with E-state index in [0.29, 0.717) is 0 Å². The maximum Gasteiger partial charge on any atom is 0.0967 e. The molecule has 0 atom stereocenters. The Bertz CT molecular complexity index is 3430. The second-order valence-electron chi connectivity index (χ2n) is 21.9. The number of pyridine rings is 6. The molecular formula is C72H90Ir3N18-6. The summed E-state index contributed by atoms with van der Waals surface area (Å²) < 4.78 is 0. The predicted molar refractivity (Wildman–Crippen MR) is 371 cm³/mol. The molecule has 0 fully saturated rings. The quantitative estimate of drug-likeness (QED) is 0.123. The van der Waals surface area contributed by atoms with Crippen LogP contribution in [0.2, 0.25) is 0 Å². The van der Waals surface area contributed by atoms with E-state index >= 15 is 0 Å². The Kier molecular flexibility index (Phi) is 33.0. The molecule has 9 aromatic rings. The van der Waals surface area contributed by atoms with E-state index in [4.69, 9.17) is 0 Å². The molecule has 6 aliphatic rings. The first-order valence-electron chi connectivity index (χ1n) is 30.6. The minimum Gasteiger partial charge on any atom is -0.509 e. The maximum atomic E-state index is 4.41. The molecule has 0 saturated carbocycles. The van der Waals surface area contributed by atoms with Crippen LogP contribution in [0, 0.1) is 60.8 Å². The summed E-state index contributed by atoms with van der Waals surface area (Å²) in [6, 6.07) is 30.7. The molecule has 3 aromatic carbocycles. The van der Waals surface area contributed by atoms with Crippen molar-refractivity contribution in [3.05, 3.63) is 259 Å². The number of hydrogen-bond donors (Lipinski definition) is 0. The third-order valence-electron chi connectivity index (χ3n) is 13.3. The van der Waals surface area contributed by atoms with Gasteiger partial charge in [0.2, 0.25) is 0 Å². The van der Waals surface area contributed by atoms with Gasteiger partial charge in [0.05, 0.1) is 33.1 Å². The van der Waals surface area contributed by atoms with E-state index in [1.807, 2.05) is 290 Å². The van der Waals surface area contributed by atoms with Crippen molar-refractivity contribution in [3.8, 4) is 0 Å². The third-order valence-corrected chi connectivity index (χ3v) is 13.3. The van der Waals surface area contributed by atoms with Crippen LogP contribution in [0.3, 0.4) is 0 Å². The zero-order valence-corrected chi connectivity index (χ0v) is 63.4. The van der Waals surface area contributed by atoms with E-state index in [0.717, 1.165) is 49.3 Å². The fourth-order valence-corrected chi connectivity index (χ4v) is 9.31. The second-order valence-corrected chi connectivity index (χ2v) is 21.9. The van der Waals surface area contributed by atoms with Gasteiger partial charge in [-0.1, -0.05) is 97.2 Å². The zero-order chi connectivity index (χ0) is 64.5. The van der Waals surface area contributed by atoms with Crippen LogP contribution in [0.1, 0.15) is 77.5 Å². The first kappa shape index (κ1) is 77.6. The molecule has 0 amide bonds. The number of benzene rings is 3. The van der Waals surface area contributed by atoms with Crippen molar-refractivity contribution in [2.24, 2.45) is 0 Å². The molecule has 12 heterocycles. The summed E-state index contributed by atoms with van der Waals surface area (Å²) in [6.45, 7) is 31.1. The molecule has 0 spiro atoms. The van der Waals surface area contributed by atoms with E-state index in [-0.39, 0.29) is 60.3 Å². The summed E-state index contributed by atoms with van der Waals surface area (Å²) >= 11 is 0. The molecule has 0 N–H and O–H groups in total. The van der Waals surface area contributed by atoms with Crippen molar-refractivity contribution < 1.29 is 60.3 Å². The minimum atomic E-state index is 0. The molecule has 0 saturated heterocycles. The standard InChI is InChI=1S/3C13H10N2.3C8H12N4.3C3H8.3Ir/c3*1-9-8-10-4-2-6-14-12(10)13-11(9)5-3-7-15-13;3*1-9-3-5-11(7-9)12-6-4-10(2)8-12;3*1-3-2;;;/h3*2-8H,1H3;3*3-8H,1-2H3;3*3H2,1-2H3;;;/q;;;3*-2;;;;;;. The van der Waals surface area contributed by atoms with Gasteiger partial charge in [-0.05, 0) is 172 Å². The summed E-state index contributed by atoms with van der Waals surface area (Å²) in [5.74, 6) is 0. The Morgan fingerprint density at radius 2 is 0.441 bits per heavy atom. The molecule has 93 heavy (non-hydrogen) atoms. The largest absolute Gasteiger partial charge is 0.509 e. The number of rotatable bonds is 3. The Morgan fingerprint density at radius 3 is 0.613 bits per heavy atom. The molecule has 18 nitrogen and oxygen atoms in total. The van der Waals surface area contributed by atoms with Gasteiger partial charge in [0.1, 0.15) is 0 Å². The van der Waals surface area contributed by atoms with Crippen LogP contribution in [-0.2, 0) is 60.3 Å². The van der Waals surface area contributed by atoms with Gasteiger partial charge < -0.3 is 59.5 Å². The van der Waals surface area contributed by atoms with Gasteiger partial charge in [0.15, 0.2) is 0 Å². The molecule has 3 radical (unpaired) electrons. The van der Waals surface area contributed by atoms with Crippen LogP contribution >= 0.6 is 0 Å². The smallest absolute Gasteiger partial charge is 0.0967 e. The number of aromatic nitrogens is 6. The van der Waals surface area contributed by atoms with Gasteiger partial charge in [-0.15, -0.1) is 40.0 Å². The van der Waals surface area contributed by atoms with Crippen LogP contribution in [0.25, 0.3) is 65.4 Å². The zero-order valence-electron chi connectivity index (χ0n) is 56.2. The summed E-state index contributed by atoms with van der Waals surface area (Å²) in [6.07, 6.45) is 38.6. The van der Waals surface area contributed by atoms with E-state index in [1.165, 1.54) is 52.1 Å². The minimum absolute atomic E-state index is 0. The van der Waals surface area contributed by atoms with Gasteiger partial charge in [-0.2, -0.15) is 0 Å². The van der Waals surface area contributed by atoms with Crippen molar-refractivity contribution in [2.75, 3.05) is 42.3 Å². The normalized spacial score (nSPS) is 14.4. The van der Waals surface area contributed by atoms with Gasteiger partial charge in [-0.3, -0.25) is 29.9 Å². The SMILES string of the molecule is CCC.CCC.CCC.CN1C=CN(N2C=CN(C)[CH-]2)[CH-]1.CN1C=CN(N2C=CN(C)[CH-]2)[CH-]1.CN1C=CN(N2C=CN(C)[CH-]2)[CH-]1.Cc1cc2cccnc2c2ncccc12.Cc1cc2cccnc2c2ncccc12.Cc1cc2cccnc2c2ncccc12.[Ir].[Ir].[Ir]. The van der Waals surface area contributed by atoms with Crippen LogP contribution in [0.5, 0.6) is 0 Å².